The molecule has 0 aliphatic carbocycles. The number of amides is 1. The number of aryl methyl sites for hydroxylation is 4. The van der Waals surface area contributed by atoms with Crippen LogP contribution >= 0.6 is 0 Å². The van der Waals surface area contributed by atoms with Crippen molar-refractivity contribution in [1.82, 2.24) is 4.57 Å². The van der Waals surface area contributed by atoms with Gasteiger partial charge in [-0.15, -0.1) is 0 Å². The Kier molecular flexibility index (Phi) is 2.92. The fourth-order valence-electron chi connectivity index (χ4n) is 2.26. The molecule has 0 atom stereocenters. The maximum absolute atomic E-state index is 10.9. The molecule has 0 unspecified atom stereocenters. The number of primary amides is 1. The minimum absolute atomic E-state index is 0.255. The van der Waals surface area contributed by atoms with Gasteiger partial charge in [0.25, 0.3) is 0 Å². The smallest absolute Gasteiger partial charge is 0.219 e. The van der Waals surface area contributed by atoms with Gasteiger partial charge in [0.2, 0.25) is 5.91 Å². The average Bonchev–Trinajstić information content (AvgIpc) is 2.58. The van der Waals surface area contributed by atoms with Crippen molar-refractivity contribution >= 4 is 16.8 Å². The van der Waals surface area contributed by atoms with Gasteiger partial charge in [0.1, 0.15) is 0 Å². The van der Waals surface area contributed by atoms with E-state index in [0.717, 1.165) is 0 Å². The molecule has 3 heteroatoms. The fraction of sp³-hybridized carbons (Fsp3) is 0.357. The lowest BCUT2D eigenvalue weighted by Gasteiger charge is -2.08. The van der Waals surface area contributed by atoms with Crippen molar-refractivity contribution in [3.63, 3.8) is 0 Å². The van der Waals surface area contributed by atoms with Crippen LogP contribution in [0.1, 0.15) is 23.1 Å². The van der Waals surface area contributed by atoms with Crippen LogP contribution in [0, 0.1) is 20.8 Å². The predicted molar refractivity (Wildman–Crippen MR) is 70.0 cm³/mol. The van der Waals surface area contributed by atoms with E-state index < -0.39 is 0 Å². The molecule has 1 aromatic carbocycles. The van der Waals surface area contributed by atoms with E-state index in [-0.39, 0.29) is 5.91 Å². The van der Waals surface area contributed by atoms with Gasteiger partial charge in [0, 0.05) is 24.5 Å². The van der Waals surface area contributed by atoms with Gasteiger partial charge >= 0.3 is 0 Å². The highest BCUT2D eigenvalue weighted by molar-refractivity contribution is 5.87. The molecule has 1 heterocycles. The first kappa shape index (κ1) is 11.7. The van der Waals surface area contributed by atoms with Crippen LogP contribution < -0.4 is 5.73 Å². The Morgan fingerprint density at radius 3 is 2.59 bits per heavy atom. The van der Waals surface area contributed by atoms with E-state index in [9.17, 15) is 4.79 Å². The van der Waals surface area contributed by atoms with Crippen molar-refractivity contribution in [1.29, 1.82) is 0 Å². The number of benzene rings is 1. The zero-order valence-corrected chi connectivity index (χ0v) is 10.6. The molecule has 1 amide bonds. The van der Waals surface area contributed by atoms with Crippen LogP contribution in [0.3, 0.4) is 0 Å². The summed E-state index contributed by atoms with van der Waals surface area (Å²) in [6, 6.07) is 4.29. The zero-order valence-electron chi connectivity index (χ0n) is 10.6. The lowest BCUT2D eigenvalue weighted by Crippen LogP contribution is -2.13. The third kappa shape index (κ3) is 2.05. The third-order valence-corrected chi connectivity index (χ3v) is 3.36. The van der Waals surface area contributed by atoms with Crippen LogP contribution in [-0.4, -0.2) is 10.5 Å². The molecular weight excluding hydrogens is 212 g/mol. The molecule has 0 aliphatic heterocycles. The fourth-order valence-corrected chi connectivity index (χ4v) is 2.26. The van der Waals surface area contributed by atoms with E-state index in [2.05, 4.69) is 43.7 Å². The second-order valence-corrected chi connectivity index (χ2v) is 4.63. The minimum Gasteiger partial charge on any atom is -0.370 e. The summed E-state index contributed by atoms with van der Waals surface area (Å²) in [6.45, 7) is 6.98. The second-order valence-electron chi connectivity index (χ2n) is 4.63. The Morgan fingerprint density at radius 1 is 1.24 bits per heavy atom. The molecule has 0 bridgehead atoms. The number of hydrogen-bond donors (Lipinski definition) is 1. The summed E-state index contributed by atoms with van der Waals surface area (Å²) in [4.78, 5) is 10.9. The first-order chi connectivity index (χ1) is 8.00. The maximum atomic E-state index is 10.9. The van der Waals surface area contributed by atoms with E-state index in [0.29, 0.717) is 13.0 Å². The van der Waals surface area contributed by atoms with E-state index in [1.165, 1.54) is 27.6 Å². The van der Waals surface area contributed by atoms with Gasteiger partial charge < -0.3 is 10.3 Å². The van der Waals surface area contributed by atoms with Crippen LogP contribution in [0.5, 0.6) is 0 Å². The van der Waals surface area contributed by atoms with Gasteiger partial charge in [-0.2, -0.15) is 0 Å². The van der Waals surface area contributed by atoms with Crippen molar-refractivity contribution in [2.45, 2.75) is 33.7 Å². The minimum atomic E-state index is -0.255. The van der Waals surface area contributed by atoms with Gasteiger partial charge in [0.15, 0.2) is 0 Å². The largest absolute Gasteiger partial charge is 0.370 e. The first-order valence-corrected chi connectivity index (χ1v) is 5.84. The summed E-state index contributed by atoms with van der Waals surface area (Å²) in [6.07, 6.45) is 2.48. The van der Waals surface area contributed by atoms with E-state index >= 15 is 0 Å². The molecule has 17 heavy (non-hydrogen) atoms. The Morgan fingerprint density at radius 2 is 1.94 bits per heavy atom. The van der Waals surface area contributed by atoms with Crippen molar-refractivity contribution < 1.29 is 4.79 Å². The number of carbonyl (C=O) groups excluding carboxylic acids is 1. The molecule has 0 radical (unpaired) electrons. The highest BCUT2D eigenvalue weighted by Crippen LogP contribution is 2.26. The predicted octanol–water partition coefficient (Wildman–Crippen LogP) is 2.44. The van der Waals surface area contributed by atoms with E-state index in [4.69, 9.17) is 5.73 Å². The van der Waals surface area contributed by atoms with Crippen molar-refractivity contribution in [3.8, 4) is 0 Å². The first-order valence-electron chi connectivity index (χ1n) is 5.84. The summed E-state index contributed by atoms with van der Waals surface area (Å²) in [5, 5.41) is 1.26. The molecule has 2 N–H and O–H groups in total. The molecule has 2 rings (SSSR count). The van der Waals surface area contributed by atoms with Crippen LogP contribution in [0.2, 0.25) is 0 Å². The van der Waals surface area contributed by atoms with E-state index in [1.807, 2.05) is 0 Å². The number of hydrogen-bond acceptors (Lipinski definition) is 1. The summed E-state index contributed by atoms with van der Waals surface area (Å²) in [5.74, 6) is -0.255. The van der Waals surface area contributed by atoms with Crippen molar-refractivity contribution in [3.05, 3.63) is 35.0 Å². The summed E-state index contributed by atoms with van der Waals surface area (Å²) >= 11 is 0. The SMILES string of the molecule is Cc1ccc2c(C)cn(CCC(N)=O)c2c1C. The molecular formula is C14H18N2O. The van der Waals surface area contributed by atoms with Gasteiger partial charge in [0.05, 0.1) is 5.52 Å². The summed E-state index contributed by atoms with van der Waals surface area (Å²) < 4.78 is 2.14. The third-order valence-electron chi connectivity index (χ3n) is 3.36. The average molecular weight is 230 g/mol. The van der Waals surface area contributed by atoms with Gasteiger partial charge in [-0.05, 0) is 37.5 Å². The molecule has 0 fully saturated rings. The van der Waals surface area contributed by atoms with Crippen LogP contribution in [0.25, 0.3) is 10.9 Å². The highest BCUT2D eigenvalue weighted by Gasteiger charge is 2.09. The molecule has 2 aromatic rings. The molecule has 0 saturated carbocycles. The van der Waals surface area contributed by atoms with Gasteiger partial charge in [-0.25, -0.2) is 0 Å². The lowest BCUT2D eigenvalue weighted by molar-refractivity contribution is -0.118. The topological polar surface area (TPSA) is 48.0 Å². The van der Waals surface area contributed by atoms with Crippen LogP contribution in [0.4, 0.5) is 0 Å². The number of carbonyl (C=O) groups is 1. The summed E-state index contributed by atoms with van der Waals surface area (Å²) in [7, 11) is 0. The van der Waals surface area contributed by atoms with Crippen molar-refractivity contribution in [2.75, 3.05) is 0 Å². The second kappa shape index (κ2) is 4.24. The Hall–Kier alpha value is -1.77. The molecule has 1 aromatic heterocycles. The monoisotopic (exact) mass is 230 g/mol. The molecule has 3 nitrogen and oxygen atoms in total. The standard InChI is InChI=1S/C14H18N2O/c1-9-4-5-12-10(2)8-16(7-6-13(15)17)14(12)11(9)3/h4-5,8H,6-7H2,1-3H3,(H2,15,17). The number of fused-ring (bicyclic) bond motifs is 1. The lowest BCUT2D eigenvalue weighted by atomic mass is 10.1. The molecule has 0 spiro atoms. The molecule has 0 aliphatic rings. The quantitative estimate of drug-likeness (QED) is 0.865. The number of rotatable bonds is 3. The maximum Gasteiger partial charge on any atom is 0.219 e. The Bertz CT molecular complexity index is 581. The van der Waals surface area contributed by atoms with Gasteiger partial charge in [-0.1, -0.05) is 12.1 Å². The normalized spacial score (nSPS) is 11.0. The summed E-state index contributed by atoms with van der Waals surface area (Å²) in [5.41, 5.74) is 10.2. The van der Waals surface area contributed by atoms with Crippen LogP contribution in [-0.2, 0) is 11.3 Å². The molecule has 0 saturated heterocycles. The number of nitrogens with zero attached hydrogens (tertiary/aromatic N) is 1. The molecule has 90 valence electrons. The van der Waals surface area contributed by atoms with Gasteiger partial charge in [-0.3, -0.25) is 4.79 Å². The van der Waals surface area contributed by atoms with E-state index in [1.54, 1.807) is 0 Å². The van der Waals surface area contributed by atoms with Crippen molar-refractivity contribution in [2.24, 2.45) is 5.73 Å². The Balaban J connectivity index is 2.55. The zero-order chi connectivity index (χ0) is 12.6. The highest BCUT2D eigenvalue weighted by atomic mass is 16.1. The van der Waals surface area contributed by atoms with Crippen LogP contribution in [0.15, 0.2) is 18.3 Å². The Labute approximate surface area is 101 Å². The number of nitrogens with two attached hydrogens (primary N) is 1. The number of aromatic nitrogens is 1.